The van der Waals surface area contributed by atoms with Crippen molar-refractivity contribution >= 4 is 11.6 Å². The van der Waals surface area contributed by atoms with Crippen LogP contribution in [0.5, 0.6) is 0 Å². The van der Waals surface area contributed by atoms with Crippen LogP contribution in [0.15, 0.2) is 24.3 Å². The minimum absolute atomic E-state index is 0.335. The van der Waals surface area contributed by atoms with Crippen molar-refractivity contribution in [2.75, 3.05) is 11.4 Å². The molecule has 2 atom stereocenters. The largest absolute Gasteiger partial charge is 0.312 e. The first-order valence-corrected chi connectivity index (χ1v) is 6.08. The van der Waals surface area contributed by atoms with Gasteiger partial charge in [-0.3, -0.25) is 4.79 Å². The van der Waals surface area contributed by atoms with Crippen molar-refractivity contribution < 1.29 is 4.79 Å². The molecule has 0 unspecified atom stereocenters. The monoisotopic (exact) mass is 215 g/mol. The number of carbonyl (C=O) groups excluding carboxylic acids is 1. The molecule has 1 heterocycles. The van der Waals surface area contributed by atoms with E-state index in [1.807, 2.05) is 4.90 Å². The second-order valence-electron chi connectivity index (χ2n) is 5.30. The third-order valence-electron chi connectivity index (χ3n) is 3.79. The number of benzene rings is 1. The molecule has 84 valence electrons. The Hall–Kier alpha value is -1.31. The van der Waals surface area contributed by atoms with Crippen LogP contribution in [0.2, 0.25) is 0 Å². The molecular formula is C14H17NO. The molecule has 2 nitrogen and oxygen atoms in total. The van der Waals surface area contributed by atoms with Crippen molar-refractivity contribution in [3.8, 4) is 0 Å². The Bertz CT molecular complexity index is 421. The maximum absolute atomic E-state index is 11.9. The molecule has 2 aliphatic rings. The van der Waals surface area contributed by atoms with E-state index in [4.69, 9.17) is 0 Å². The summed E-state index contributed by atoms with van der Waals surface area (Å²) in [5.41, 5.74) is 2.40. The highest BCUT2D eigenvalue weighted by Crippen LogP contribution is 2.47. The predicted octanol–water partition coefficient (Wildman–Crippen LogP) is 2.79. The van der Waals surface area contributed by atoms with E-state index in [-0.39, 0.29) is 0 Å². The number of rotatable bonds is 2. The van der Waals surface area contributed by atoms with E-state index in [1.54, 1.807) is 0 Å². The van der Waals surface area contributed by atoms with Crippen LogP contribution in [0.25, 0.3) is 0 Å². The van der Waals surface area contributed by atoms with Gasteiger partial charge in [-0.15, -0.1) is 0 Å². The number of carbonyl (C=O) groups is 1. The second-order valence-corrected chi connectivity index (χ2v) is 5.30. The average Bonchev–Trinajstić information content (AvgIpc) is 2.98. The standard InChI is InChI=1S/C14H17NO/c1-9(2)10-3-5-12(6-4-10)15-8-11-7-13(11)14(15)16/h3-6,9,11,13H,7-8H2,1-2H3/t11-,13-/m1/s1. The lowest BCUT2D eigenvalue weighted by atomic mass is 10.0. The number of anilines is 1. The lowest BCUT2D eigenvalue weighted by Gasteiger charge is -2.19. The Kier molecular flexibility index (Phi) is 2.06. The molecule has 1 saturated carbocycles. The van der Waals surface area contributed by atoms with Crippen molar-refractivity contribution in [1.82, 2.24) is 0 Å². The predicted molar refractivity (Wildman–Crippen MR) is 64.5 cm³/mol. The zero-order valence-electron chi connectivity index (χ0n) is 9.81. The molecule has 0 aromatic heterocycles. The van der Waals surface area contributed by atoms with Gasteiger partial charge in [-0.2, -0.15) is 0 Å². The van der Waals surface area contributed by atoms with Crippen LogP contribution in [0.3, 0.4) is 0 Å². The first-order valence-electron chi connectivity index (χ1n) is 6.08. The first kappa shape index (κ1) is 9.88. The van der Waals surface area contributed by atoms with E-state index < -0.39 is 0 Å². The van der Waals surface area contributed by atoms with Gasteiger partial charge in [0.1, 0.15) is 0 Å². The normalized spacial score (nSPS) is 27.4. The van der Waals surface area contributed by atoms with Crippen molar-refractivity contribution in [2.45, 2.75) is 26.2 Å². The molecular weight excluding hydrogens is 198 g/mol. The minimum atomic E-state index is 0.335. The molecule has 1 aliphatic heterocycles. The van der Waals surface area contributed by atoms with Crippen LogP contribution >= 0.6 is 0 Å². The quantitative estimate of drug-likeness (QED) is 0.743. The van der Waals surface area contributed by atoms with Gasteiger partial charge < -0.3 is 4.90 Å². The molecule has 2 heteroatoms. The van der Waals surface area contributed by atoms with Crippen molar-refractivity contribution in [1.29, 1.82) is 0 Å². The van der Waals surface area contributed by atoms with Crippen molar-refractivity contribution in [3.05, 3.63) is 29.8 Å². The zero-order valence-corrected chi connectivity index (χ0v) is 9.81. The van der Waals surface area contributed by atoms with E-state index in [1.165, 1.54) is 5.56 Å². The van der Waals surface area contributed by atoms with Crippen LogP contribution in [0, 0.1) is 11.8 Å². The van der Waals surface area contributed by atoms with Crippen LogP contribution < -0.4 is 4.90 Å². The fourth-order valence-electron chi connectivity index (χ4n) is 2.55. The van der Waals surface area contributed by atoms with Crippen LogP contribution in [-0.2, 0) is 4.79 Å². The van der Waals surface area contributed by atoms with Crippen LogP contribution in [0.4, 0.5) is 5.69 Å². The molecule has 2 fully saturated rings. The molecule has 1 saturated heterocycles. The van der Waals surface area contributed by atoms with E-state index in [2.05, 4.69) is 38.1 Å². The minimum Gasteiger partial charge on any atom is -0.312 e. The van der Waals surface area contributed by atoms with Gasteiger partial charge >= 0.3 is 0 Å². The number of hydrogen-bond acceptors (Lipinski definition) is 1. The number of fused-ring (bicyclic) bond motifs is 1. The maximum Gasteiger partial charge on any atom is 0.230 e. The van der Waals surface area contributed by atoms with Gasteiger partial charge in [-0.05, 0) is 36.0 Å². The van der Waals surface area contributed by atoms with Crippen molar-refractivity contribution in [3.63, 3.8) is 0 Å². The SMILES string of the molecule is CC(C)c1ccc(N2C[C@H]3C[C@H]3C2=O)cc1. The van der Waals surface area contributed by atoms with Gasteiger partial charge in [-0.1, -0.05) is 26.0 Å². The van der Waals surface area contributed by atoms with Gasteiger partial charge in [0.2, 0.25) is 5.91 Å². The molecule has 16 heavy (non-hydrogen) atoms. The highest BCUT2D eigenvalue weighted by molar-refractivity contribution is 5.99. The summed E-state index contributed by atoms with van der Waals surface area (Å²) in [6.07, 6.45) is 1.12. The molecule has 0 bridgehead atoms. The van der Waals surface area contributed by atoms with Gasteiger partial charge in [0, 0.05) is 18.2 Å². The first-order chi connectivity index (χ1) is 7.66. The lowest BCUT2D eigenvalue weighted by Crippen LogP contribution is -2.27. The molecule has 3 rings (SSSR count). The van der Waals surface area contributed by atoms with Crippen molar-refractivity contribution in [2.24, 2.45) is 11.8 Å². The number of nitrogens with zero attached hydrogens (tertiary/aromatic N) is 1. The Morgan fingerprint density at radius 2 is 1.94 bits per heavy atom. The van der Waals surface area contributed by atoms with Gasteiger partial charge in [-0.25, -0.2) is 0 Å². The summed E-state index contributed by atoms with van der Waals surface area (Å²) < 4.78 is 0. The molecule has 1 aromatic rings. The fraction of sp³-hybridized carbons (Fsp3) is 0.500. The molecule has 0 radical (unpaired) electrons. The smallest absolute Gasteiger partial charge is 0.230 e. The lowest BCUT2D eigenvalue weighted by molar-refractivity contribution is -0.118. The van der Waals surface area contributed by atoms with Crippen LogP contribution in [0.1, 0.15) is 31.7 Å². The highest BCUT2D eigenvalue weighted by atomic mass is 16.2. The third kappa shape index (κ3) is 1.44. The average molecular weight is 215 g/mol. The summed E-state index contributed by atoms with van der Waals surface area (Å²) in [6.45, 7) is 5.31. The maximum atomic E-state index is 11.9. The highest BCUT2D eigenvalue weighted by Gasteiger charge is 2.52. The van der Waals surface area contributed by atoms with E-state index in [9.17, 15) is 4.79 Å². The van der Waals surface area contributed by atoms with E-state index in [0.717, 1.165) is 18.7 Å². The molecule has 1 amide bonds. The summed E-state index contributed by atoms with van der Waals surface area (Å²) in [5, 5.41) is 0. The summed E-state index contributed by atoms with van der Waals surface area (Å²) in [4.78, 5) is 13.8. The topological polar surface area (TPSA) is 20.3 Å². The summed E-state index contributed by atoms with van der Waals surface area (Å²) in [6, 6.07) is 8.43. The molecule has 1 aromatic carbocycles. The Morgan fingerprint density at radius 3 is 2.44 bits per heavy atom. The molecule has 0 N–H and O–H groups in total. The van der Waals surface area contributed by atoms with Gasteiger partial charge in [0.05, 0.1) is 0 Å². The Balaban J connectivity index is 1.82. The number of amides is 1. The molecule has 1 aliphatic carbocycles. The number of hydrogen-bond donors (Lipinski definition) is 0. The van der Waals surface area contributed by atoms with Gasteiger partial charge in [0.25, 0.3) is 0 Å². The summed E-state index contributed by atoms with van der Waals surface area (Å²) >= 11 is 0. The van der Waals surface area contributed by atoms with E-state index in [0.29, 0.717) is 23.7 Å². The Morgan fingerprint density at radius 1 is 1.25 bits per heavy atom. The second kappa shape index (κ2) is 3.34. The van der Waals surface area contributed by atoms with E-state index >= 15 is 0 Å². The third-order valence-corrected chi connectivity index (χ3v) is 3.79. The zero-order chi connectivity index (χ0) is 11.3. The number of piperidine rings is 1. The summed E-state index contributed by atoms with van der Waals surface area (Å²) in [5.74, 6) is 1.89. The summed E-state index contributed by atoms with van der Waals surface area (Å²) in [7, 11) is 0. The molecule has 0 spiro atoms. The Labute approximate surface area is 96.3 Å². The van der Waals surface area contributed by atoms with Crippen LogP contribution in [-0.4, -0.2) is 12.5 Å². The van der Waals surface area contributed by atoms with Gasteiger partial charge in [0.15, 0.2) is 0 Å². The fourth-order valence-corrected chi connectivity index (χ4v) is 2.55.